The van der Waals surface area contributed by atoms with E-state index in [1.165, 1.54) is 13.0 Å². The summed E-state index contributed by atoms with van der Waals surface area (Å²) in [4.78, 5) is 25.2. The first-order valence-electron chi connectivity index (χ1n) is 8.08. The first kappa shape index (κ1) is 20.8. The monoisotopic (exact) mass is 398 g/mol. The molecule has 0 aliphatic carbocycles. The number of hydrogen-bond acceptors (Lipinski definition) is 2. The Morgan fingerprint density at radius 3 is 2.33 bits per heavy atom. The molecule has 1 atom stereocenters. The first-order chi connectivity index (χ1) is 12.6. The molecule has 0 aliphatic rings. The highest BCUT2D eigenvalue weighted by atomic mass is 35.5. The van der Waals surface area contributed by atoms with Crippen molar-refractivity contribution in [2.45, 2.75) is 26.1 Å². The molecule has 0 spiro atoms. The Morgan fingerprint density at radius 2 is 1.78 bits per heavy atom. The quantitative estimate of drug-likeness (QED) is 0.800. The summed E-state index contributed by atoms with van der Waals surface area (Å²) in [6.07, 6.45) is -4.67. The van der Waals surface area contributed by atoms with Crippen LogP contribution >= 0.6 is 11.6 Å². The first-order valence-corrected chi connectivity index (χ1v) is 8.46. The number of nitrogens with zero attached hydrogens (tertiary/aromatic N) is 1. The summed E-state index contributed by atoms with van der Waals surface area (Å²) in [5, 5.41) is 2.25. The number of rotatable bonds is 5. The topological polar surface area (TPSA) is 49.4 Å². The molecule has 2 amide bonds. The molecule has 0 aromatic heterocycles. The third-order valence-electron chi connectivity index (χ3n) is 3.93. The third-order valence-corrected chi connectivity index (χ3v) is 4.26. The number of carbonyl (C=O) groups excluding carboxylic acids is 2. The van der Waals surface area contributed by atoms with Crippen molar-refractivity contribution in [2.75, 3.05) is 11.4 Å². The molecule has 0 saturated carbocycles. The highest BCUT2D eigenvalue weighted by Crippen LogP contribution is 2.37. The number of amides is 2. The molecule has 2 aromatic rings. The van der Waals surface area contributed by atoms with E-state index in [0.717, 1.165) is 22.6 Å². The second-order valence-electron chi connectivity index (χ2n) is 5.97. The van der Waals surface area contributed by atoms with E-state index in [4.69, 9.17) is 11.6 Å². The molecule has 144 valence electrons. The summed E-state index contributed by atoms with van der Waals surface area (Å²) < 4.78 is 39.1. The van der Waals surface area contributed by atoms with Gasteiger partial charge in [-0.3, -0.25) is 9.59 Å². The summed E-state index contributed by atoms with van der Waals surface area (Å²) >= 11 is 5.60. The van der Waals surface area contributed by atoms with Crippen molar-refractivity contribution >= 4 is 29.1 Å². The van der Waals surface area contributed by atoms with Crippen molar-refractivity contribution in [2.24, 2.45) is 0 Å². The molecular weight excluding hydrogens is 381 g/mol. The molecular formula is C19H18ClF3N2O2. The Labute approximate surface area is 159 Å². The molecule has 0 aliphatic heterocycles. The van der Waals surface area contributed by atoms with E-state index in [1.807, 2.05) is 30.3 Å². The van der Waals surface area contributed by atoms with Gasteiger partial charge in [0.15, 0.2) is 0 Å². The van der Waals surface area contributed by atoms with Gasteiger partial charge in [0.2, 0.25) is 11.8 Å². The van der Waals surface area contributed by atoms with E-state index in [0.29, 0.717) is 0 Å². The molecule has 1 unspecified atom stereocenters. The van der Waals surface area contributed by atoms with Crippen LogP contribution in [0.4, 0.5) is 18.9 Å². The minimum atomic E-state index is -4.67. The molecule has 0 saturated heterocycles. The van der Waals surface area contributed by atoms with Crippen LogP contribution in [0, 0.1) is 0 Å². The zero-order valence-corrected chi connectivity index (χ0v) is 15.4. The summed E-state index contributed by atoms with van der Waals surface area (Å²) in [5.74, 6) is -1.06. The minimum absolute atomic E-state index is 0.0539. The fraction of sp³-hybridized carbons (Fsp3) is 0.263. The van der Waals surface area contributed by atoms with Gasteiger partial charge in [-0.05, 0) is 30.7 Å². The third kappa shape index (κ3) is 5.47. The van der Waals surface area contributed by atoms with Gasteiger partial charge in [-0.2, -0.15) is 13.2 Å². The van der Waals surface area contributed by atoms with Gasteiger partial charge in [0.25, 0.3) is 0 Å². The zero-order chi connectivity index (χ0) is 20.2. The highest BCUT2D eigenvalue weighted by Gasteiger charge is 2.34. The summed E-state index contributed by atoms with van der Waals surface area (Å²) in [5.41, 5.74) is -0.251. The fourth-order valence-corrected chi connectivity index (χ4v) is 2.76. The highest BCUT2D eigenvalue weighted by molar-refractivity contribution is 6.31. The van der Waals surface area contributed by atoms with Crippen LogP contribution in [0.3, 0.4) is 0 Å². The number of benzene rings is 2. The van der Waals surface area contributed by atoms with E-state index in [9.17, 15) is 22.8 Å². The van der Waals surface area contributed by atoms with Gasteiger partial charge in [-0.25, -0.2) is 0 Å². The van der Waals surface area contributed by atoms with E-state index in [2.05, 4.69) is 5.32 Å². The number of anilines is 1. The summed E-state index contributed by atoms with van der Waals surface area (Å²) in [7, 11) is 0. The van der Waals surface area contributed by atoms with Crippen LogP contribution in [-0.4, -0.2) is 18.4 Å². The minimum Gasteiger partial charge on any atom is -0.348 e. The second-order valence-corrected chi connectivity index (χ2v) is 6.37. The van der Waals surface area contributed by atoms with Crippen LogP contribution in [0.5, 0.6) is 0 Å². The van der Waals surface area contributed by atoms with Crippen LogP contribution in [0.2, 0.25) is 5.02 Å². The van der Waals surface area contributed by atoms with Gasteiger partial charge in [-0.15, -0.1) is 0 Å². The maximum atomic E-state index is 13.0. The average molecular weight is 399 g/mol. The van der Waals surface area contributed by atoms with Gasteiger partial charge in [0.05, 0.1) is 16.6 Å². The SMILES string of the molecule is CC(=O)N(CC(=O)NC(C)c1ccccc1)c1ccc(Cl)c(C(F)(F)F)c1. The Bertz CT molecular complexity index is 825. The lowest BCUT2D eigenvalue weighted by molar-refractivity contribution is -0.137. The zero-order valence-electron chi connectivity index (χ0n) is 14.7. The predicted molar refractivity (Wildman–Crippen MR) is 97.5 cm³/mol. The second kappa shape index (κ2) is 8.43. The van der Waals surface area contributed by atoms with Gasteiger partial charge >= 0.3 is 6.18 Å². The van der Waals surface area contributed by atoms with E-state index >= 15 is 0 Å². The maximum Gasteiger partial charge on any atom is 0.417 e. The molecule has 1 N–H and O–H groups in total. The predicted octanol–water partition coefficient (Wildman–Crippen LogP) is 4.59. The normalized spacial score (nSPS) is 12.4. The lowest BCUT2D eigenvalue weighted by Gasteiger charge is -2.23. The summed E-state index contributed by atoms with van der Waals surface area (Å²) in [6, 6.07) is 11.9. The number of carbonyl (C=O) groups is 2. The molecule has 4 nitrogen and oxygen atoms in total. The Hall–Kier alpha value is -2.54. The van der Waals surface area contributed by atoms with Gasteiger partial charge in [0.1, 0.15) is 6.54 Å². The van der Waals surface area contributed by atoms with E-state index < -0.39 is 35.1 Å². The van der Waals surface area contributed by atoms with Crippen LogP contribution in [0.25, 0.3) is 0 Å². The largest absolute Gasteiger partial charge is 0.417 e. The van der Waals surface area contributed by atoms with Crippen LogP contribution in [0.1, 0.15) is 31.0 Å². The number of hydrogen-bond donors (Lipinski definition) is 1. The van der Waals surface area contributed by atoms with Gasteiger partial charge in [0, 0.05) is 12.6 Å². The number of nitrogens with one attached hydrogen (secondary N) is 1. The molecule has 27 heavy (non-hydrogen) atoms. The molecule has 2 aromatic carbocycles. The van der Waals surface area contributed by atoms with Crippen molar-refractivity contribution in [1.82, 2.24) is 5.32 Å². The molecule has 2 rings (SSSR count). The lowest BCUT2D eigenvalue weighted by atomic mass is 10.1. The lowest BCUT2D eigenvalue weighted by Crippen LogP contribution is -2.40. The van der Waals surface area contributed by atoms with Crippen LogP contribution in [-0.2, 0) is 15.8 Å². The number of halogens is 4. The molecule has 0 fully saturated rings. The molecule has 8 heteroatoms. The van der Waals surface area contributed by atoms with Crippen molar-refractivity contribution in [3.05, 3.63) is 64.7 Å². The van der Waals surface area contributed by atoms with E-state index in [1.54, 1.807) is 6.92 Å². The molecule has 0 bridgehead atoms. The van der Waals surface area contributed by atoms with Crippen molar-refractivity contribution in [3.8, 4) is 0 Å². The van der Waals surface area contributed by atoms with Crippen molar-refractivity contribution in [3.63, 3.8) is 0 Å². The van der Waals surface area contributed by atoms with Crippen molar-refractivity contribution < 1.29 is 22.8 Å². The Morgan fingerprint density at radius 1 is 1.15 bits per heavy atom. The van der Waals surface area contributed by atoms with Gasteiger partial charge in [-0.1, -0.05) is 41.9 Å². The fourth-order valence-electron chi connectivity index (χ4n) is 2.54. The molecule has 0 heterocycles. The van der Waals surface area contributed by atoms with E-state index in [-0.39, 0.29) is 11.7 Å². The standard InChI is InChI=1S/C19H18ClF3N2O2/c1-12(14-6-4-3-5-7-14)24-18(27)11-25(13(2)26)15-8-9-17(20)16(10-15)19(21,22)23/h3-10,12H,11H2,1-2H3,(H,24,27). The average Bonchev–Trinajstić information content (AvgIpc) is 2.60. The summed E-state index contributed by atoms with van der Waals surface area (Å²) in [6.45, 7) is 2.54. The van der Waals surface area contributed by atoms with Gasteiger partial charge < -0.3 is 10.2 Å². The van der Waals surface area contributed by atoms with Crippen LogP contribution < -0.4 is 10.2 Å². The Balaban J connectivity index is 2.19. The van der Waals surface area contributed by atoms with Crippen LogP contribution in [0.15, 0.2) is 48.5 Å². The Kier molecular flexibility index (Phi) is 6.49. The van der Waals surface area contributed by atoms with Crippen molar-refractivity contribution in [1.29, 1.82) is 0 Å². The smallest absolute Gasteiger partial charge is 0.348 e. The maximum absolute atomic E-state index is 13.0. The molecule has 0 radical (unpaired) electrons. The number of alkyl halides is 3.